The second kappa shape index (κ2) is 7.22. The Morgan fingerprint density at radius 3 is 2.85 bits per heavy atom. The van der Waals surface area contributed by atoms with E-state index in [0.717, 1.165) is 30.6 Å². The maximum absolute atomic E-state index is 12.4. The van der Waals surface area contributed by atoms with Gasteiger partial charge in [0.2, 0.25) is 0 Å². The fourth-order valence-electron chi connectivity index (χ4n) is 3.06. The number of carbonyl (C=O) groups is 1. The zero-order valence-corrected chi connectivity index (χ0v) is 15.2. The van der Waals surface area contributed by atoms with Gasteiger partial charge in [-0.1, -0.05) is 5.16 Å². The lowest BCUT2D eigenvalue weighted by Gasteiger charge is -2.20. The van der Waals surface area contributed by atoms with Crippen LogP contribution in [-0.2, 0) is 13.1 Å². The second-order valence-corrected chi connectivity index (χ2v) is 7.13. The quantitative estimate of drug-likeness (QED) is 0.694. The molecular weight excluding hydrogens is 344 g/mol. The van der Waals surface area contributed by atoms with E-state index in [2.05, 4.69) is 20.6 Å². The van der Waals surface area contributed by atoms with Gasteiger partial charge in [-0.15, -0.1) is 0 Å². The maximum Gasteiger partial charge on any atom is 0.317 e. The molecule has 27 heavy (non-hydrogen) atoms. The Balaban J connectivity index is 1.29. The third-order valence-electron chi connectivity index (χ3n) is 4.90. The molecule has 0 spiro atoms. The number of nitrogens with one attached hydrogen (secondary N) is 1. The third-order valence-corrected chi connectivity index (χ3v) is 4.90. The van der Waals surface area contributed by atoms with Gasteiger partial charge in [-0.2, -0.15) is 5.10 Å². The normalized spacial score (nSPS) is 14.7. The number of nitrogens with zero attached hydrogens (tertiary/aromatic N) is 5. The van der Waals surface area contributed by atoms with Gasteiger partial charge in [0.05, 0.1) is 6.54 Å². The van der Waals surface area contributed by atoms with Crippen molar-refractivity contribution < 1.29 is 9.32 Å². The van der Waals surface area contributed by atoms with E-state index >= 15 is 0 Å². The minimum Gasteiger partial charge on any atom is -0.359 e. The van der Waals surface area contributed by atoms with Crippen molar-refractivity contribution in [3.05, 3.63) is 54.8 Å². The van der Waals surface area contributed by atoms with Crippen LogP contribution in [0.4, 0.5) is 4.79 Å². The molecule has 3 heterocycles. The van der Waals surface area contributed by atoms with Gasteiger partial charge in [-0.3, -0.25) is 9.67 Å². The van der Waals surface area contributed by atoms with Crippen LogP contribution in [0.25, 0.3) is 11.3 Å². The largest absolute Gasteiger partial charge is 0.359 e. The zero-order chi connectivity index (χ0) is 18.7. The van der Waals surface area contributed by atoms with Crippen LogP contribution in [0.3, 0.4) is 0 Å². The molecule has 0 aliphatic heterocycles. The molecule has 1 aliphatic rings. The minimum atomic E-state index is -0.122. The number of carbonyl (C=O) groups excluding carboxylic acids is 1. The van der Waals surface area contributed by atoms with Crippen LogP contribution in [0.2, 0.25) is 0 Å². The summed E-state index contributed by atoms with van der Waals surface area (Å²) < 4.78 is 7.29. The van der Waals surface area contributed by atoms with Gasteiger partial charge in [0.25, 0.3) is 0 Å². The van der Waals surface area contributed by atoms with Gasteiger partial charge >= 0.3 is 6.03 Å². The Morgan fingerprint density at radius 1 is 1.33 bits per heavy atom. The molecule has 1 N–H and O–H groups in total. The summed E-state index contributed by atoms with van der Waals surface area (Å²) in [6.45, 7) is 1.84. The van der Waals surface area contributed by atoms with Gasteiger partial charge in [0.1, 0.15) is 5.69 Å². The maximum atomic E-state index is 12.4. The lowest BCUT2D eigenvalue weighted by Crippen LogP contribution is -2.40. The fourth-order valence-corrected chi connectivity index (χ4v) is 3.06. The highest BCUT2D eigenvalue weighted by molar-refractivity contribution is 5.74. The van der Waals surface area contributed by atoms with Crippen LogP contribution in [0.15, 0.2) is 53.6 Å². The van der Waals surface area contributed by atoms with Gasteiger partial charge in [-0.25, -0.2) is 4.79 Å². The molecule has 1 fully saturated rings. The van der Waals surface area contributed by atoms with Crippen molar-refractivity contribution in [3.63, 3.8) is 0 Å². The summed E-state index contributed by atoms with van der Waals surface area (Å²) >= 11 is 0. The molecule has 0 atom stereocenters. The summed E-state index contributed by atoms with van der Waals surface area (Å²) in [5.74, 6) is 0.636. The van der Waals surface area contributed by atoms with Crippen LogP contribution in [-0.4, -0.2) is 44.4 Å². The highest BCUT2D eigenvalue weighted by atomic mass is 16.5. The Labute approximate surface area is 157 Å². The number of amides is 2. The van der Waals surface area contributed by atoms with E-state index in [1.807, 2.05) is 35.1 Å². The molecule has 0 saturated heterocycles. The zero-order valence-electron chi connectivity index (χ0n) is 15.2. The molecule has 0 unspecified atom stereocenters. The van der Waals surface area contributed by atoms with Crippen LogP contribution in [0.1, 0.15) is 18.6 Å². The van der Waals surface area contributed by atoms with Gasteiger partial charge in [0.15, 0.2) is 5.76 Å². The van der Waals surface area contributed by atoms with E-state index in [0.29, 0.717) is 18.8 Å². The Morgan fingerprint density at radius 2 is 2.15 bits per heavy atom. The molecule has 0 radical (unpaired) electrons. The van der Waals surface area contributed by atoms with Crippen LogP contribution in [0.5, 0.6) is 0 Å². The van der Waals surface area contributed by atoms with E-state index in [9.17, 15) is 4.79 Å². The Hall–Kier alpha value is -3.16. The Bertz CT molecular complexity index is 886. The monoisotopic (exact) mass is 366 g/mol. The summed E-state index contributed by atoms with van der Waals surface area (Å²) in [6.07, 6.45) is 9.36. The standard InChI is InChI=1S/C19H22N6O2/c1-24(12-16-11-17(23-27-16)15-3-8-20-9-4-15)18(26)21-13-19(5-6-19)14-25-10-2-7-22-25/h2-4,7-11H,5-6,12-14H2,1H3,(H,21,26). The van der Waals surface area contributed by atoms with Crippen molar-refractivity contribution in [3.8, 4) is 11.3 Å². The first-order valence-corrected chi connectivity index (χ1v) is 8.96. The van der Waals surface area contributed by atoms with E-state index in [1.54, 1.807) is 30.5 Å². The van der Waals surface area contributed by atoms with Crippen molar-refractivity contribution in [2.75, 3.05) is 13.6 Å². The first-order valence-electron chi connectivity index (χ1n) is 8.96. The van der Waals surface area contributed by atoms with Gasteiger partial charge in [-0.05, 0) is 31.0 Å². The number of hydrogen-bond acceptors (Lipinski definition) is 5. The first kappa shape index (κ1) is 17.3. The van der Waals surface area contributed by atoms with Gasteiger partial charge < -0.3 is 14.7 Å². The number of hydrogen-bond donors (Lipinski definition) is 1. The average Bonchev–Trinajstić information content (AvgIpc) is 3.07. The molecule has 0 aromatic carbocycles. The molecule has 8 nitrogen and oxygen atoms in total. The highest BCUT2D eigenvalue weighted by Gasteiger charge is 2.43. The smallest absolute Gasteiger partial charge is 0.317 e. The second-order valence-electron chi connectivity index (χ2n) is 7.13. The first-order chi connectivity index (χ1) is 13.1. The molecular formula is C19H22N6O2. The van der Waals surface area contributed by atoms with E-state index in [4.69, 9.17) is 4.52 Å². The summed E-state index contributed by atoms with van der Waals surface area (Å²) in [4.78, 5) is 18.0. The van der Waals surface area contributed by atoms with Gasteiger partial charge in [0, 0.05) is 62.0 Å². The number of rotatable bonds is 7. The highest BCUT2D eigenvalue weighted by Crippen LogP contribution is 2.46. The van der Waals surface area contributed by atoms with Crippen molar-refractivity contribution in [2.24, 2.45) is 5.41 Å². The third kappa shape index (κ3) is 4.16. The van der Waals surface area contributed by atoms with Crippen molar-refractivity contribution in [1.82, 2.24) is 30.1 Å². The molecule has 3 aromatic heterocycles. The predicted octanol–water partition coefficient (Wildman–Crippen LogP) is 2.55. The number of aromatic nitrogens is 4. The SMILES string of the molecule is CN(Cc1cc(-c2ccncc2)no1)C(=O)NCC1(Cn2cccn2)CC1. The van der Waals surface area contributed by atoms with Crippen LogP contribution in [0, 0.1) is 5.41 Å². The fraction of sp³-hybridized carbons (Fsp3) is 0.368. The predicted molar refractivity (Wildman–Crippen MR) is 98.5 cm³/mol. The van der Waals surface area contributed by atoms with E-state index in [1.165, 1.54) is 0 Å². The molecule has 140 valence electrons. The summed E-state index contributed by atoms with van der Waals surface area (Å²) in [5, 5.41) is 11.4. The molecule has 0 bridgehead atoms. The number of pyridine rings is 1. The average molecular weight is 366 g/mol. The van der Waals surface area contributed by atoms with Crippen LogP contribution >= 0.6 is 0 Å². The Kier molecular flexibility index (Phi) is 4.62. The number of urea groups is 1. The lowest BCUT2D eigenvalue weighted by atomic mass is 10.1. The molecule has 1 aliphatic carbocycles. The summed E-state index contributed by atoms with van der Waals surface area (Å²) in [7, 11) is 1.75. The van der Waals surface area contributed by atoms with Crippen molar-refractivity contribution in [2.45, 2.75) is 25.9 Å². The van der Waals surface area contributed by atoms with Crippen molar-refractivity contribution >= 4 is 6.03 Å². The van der Waals surface area contributed by atoms with E-state index in [-0.39, 0.29) is 11.4 Å². The van der Waals surface area contributed by atoms with Crippen molar-refractivity contribution in [1.29, 1.82) is 0 Å². The molecule has 4 rings (SSSR count). The topological polar surface area (TPSA) is 89.1 Å². The van der Waals surface area contributed by atoms with Crippen LogP contribution < -0.4 is 5.32 Å². The molecule has 3 aromatic rings. The molecule has 2 amide bonds. The van der Waals surface area contributed by atoms with E-state index < -0.39 is 0 Å². The molecule has 8 heteroatoms. The summed E-state index contributed by atoms with van der Waals surface area (Å²) in [6, 6.07) is 7.38. The minimum absolute atomic E-state index is 0.122. The molecule has 1 saturated carbocycles. The lowest BCUT2D eigenvalue weighted by molar-refractivity contribution is 0.197. The summed E-state index contributed by atoms with van der Waals surface area (Å²) in [5.41, 5.74) is 1.79.